The summed E-state index contributed by atoms with van der Waals surface area (Å²) in [5.74, 6) is -11.7. The van der Waals surface area contributed by atoms with Crippen LogP contribution in [0.1, 0.15) is 88.6 Å². The summed E-state index contributed by atoms with van der Waals surface area (Å²) in [5, 5.41) is -15.4. The molecular formula is C45H40B9F6O19S3-3. The van der Waals surface area contributed by atoms with E-state index in [1.807, 2.05) is 0 Å². The first-order valence-electron chi connectivity index (χ1n) is 23.5. The number of hydrogen-bond acceptors (Lipinski definition) is 19. The van der Waals surface area contributed by atoms with Gasteiger partial charge < -0.3 is 32.6 Å². The highest BCUT2D eigenvalue weighted by Crippen LogP contribution is 2.37. The summed E-state index contributed by atoms with van der Waals surface area (Å²) in [5.41, 5.74) is 4.62. The highest BCUT2D eigenvalue weighted by Gasteiger charge is 2.51. The topological polar surface area (TPSA) is 311 Å². The summed E-state index contributed by atoms with van der Waals surface area (Å²) in [6.45, 7) is -1.36. The molecule has 1 aliphatic carbocycles. The molecule has 3 aromatic rings. The van der Waals surface area contributed by atoms with Crippen molar-refractivity contribution in [3.8, 4) is 17.2 Å². The van der Waals surface area contributed by atoms with Gasteiger partial charge in [0.05, 0.1) is 83.0 Å². The van der Waals surface area contributed by atoms with E-state index in [1.54, 1.807) is 24.3 Å². The highest BCUT2D eigenvalue weighted by molar-refractivity contribution is 7.88. The molecule has 82 heavy (non-hydrogen) atoms. The number of carbonyl (C=O) groups is 6. The molecule has 19 nitrogen and oxygen atoms in total. The van der Waals surface area contributed by atoms with Crippen molar-refractivity contribution in [1.29, 1.82) is 0 Å². The maximum absolute atomic E-state index is 13.5. The number of hydrogen-bond donors (Lipinski definition) is 0. The van der Waals surface area contributed by atoms with Crippen LogP contribution in [0.4, 0.5) is 26.3 Å². The van der Waals surface area contributed by atoms with E-state index in [4.69, 9.17) is 84.8 Å². The first-order valence-corrected chi connectivity index (χ1v) is 27.8. The Kier molecular flexibility index (Phi) is 27.6. The number of Topliss-reactive ketones (excluding diaryl/α,β-unsaturated/α-hetero) is 2. The second-order valence-corrected chi connectivity index (χ2v) is 21.5. The van der Waals surface area contributed by atoms with Gasteiger partial charge in [0.1, 0.15) is 17.2 Å². The Morgan fingerprint density at radius 3 is 1.05 bits per heavy atom. The lowest BCUT2D eigenvalue weighted by Crippen LogP contribution is -2.43. The lowest BCUT2D eigenvalue weighted by atomic mass is 9.80. The molecule has 37 heteroatoms. The van der Waals surface area contributed by atoms with Crippen molar-refractivity contribution in [2.45, 2.75) is 111 Å². The molecule has 18 radical (unpaired) electrons. The van der Waals surface area contributed by atoms with Crippen molar-refractivity contribution in [3.63, 3.8) is 0 Å². The van der Waals surface area contributed by atoms with Crippen LogP contribution >= 0.6 is 0 Å². The summed E-state index contributed by atoms with van der Waals surface area (Å²) in [6.07, 6.45) is -1.81. The average Bonchev–Trinajstić information content (AvgIpc) is 3.42. The van der Waals surface area contributed by atoms with Crippen LogP contribution in [0.25, 0.3) is 0 Å². The fourth-order valence-corrected chi connectivity index (χ4v) is 8.45. The summed E-state index contributed by atoms with van der Waals surface area (Å²) in [7, 11) is 31.8. The fourth-order valence-electron chi connectivity index (χ4n) is 7.39. The number of alkyl halides is 6. The Morgan fingerprint density at radius 2 is 0.744 bits per heavy atom. The average molecular weight is 1190 g/mol. The number of halogens is 6. The minimum atomic E-state index is -6.29. The van der Waals surface area contributed by atoms with E-state index < -0.39 is 113 Å². The van der Waals surface area contributed by atoms with Gasteiger partial charge in [0.15, 0.2) is 37.0 Å². The van der Waals surface area contributed by atoms with Crippen LogP contribution in [-0.2, 0) is 121 Å². The molecule has 0 amide bonds. The molecule has 0 unspecified atom stereocenters. The van der Waals surface area contributed by atoms with Crippen molar-refractivity contribution >= 4 is 136 Å². The zero-order valence-electron chi connectivity index (χ0n) is 42.9. The van der Waals surface area contributed by atoms with E-state index in [0.29, 0.717) is 44.5 Å². The maximum Gasteiger partial charge on any atom is 0.428 e. The molecule has 0 heterocycles. The van der Waals surface area contributed by atoms with Crippen molar-refractivity contribution in [1.82, 2.24) is 0 Å². The standard InChI is InChI=1S/C18H19B3F2O6S.C14H13B3F2O6S.C13H11B3F2O7S/c19-7-10-5-13(8-20)15(14(6-10)9-21)29-17(25)12-3-1-11(2-4-12)16(24)18(22,23)30(26,27)28;15-5-8-3-9(6-16)13(10(4-8)7-17)25-12(21)2-1-11(20)14(18,19)26(22,23)24;14-3-7-1-8(4-15)11(9(2-7)5-16)25-10(19)6-24-12(20)13(17,18)26(21,22)23/h5-6,11-12H,1-4,7-9H2,(H,26,27,28);3-4H,1-2,5-7H2,(H,22,23,24);1-2H,3-6H2,(H,21,22,23)/p-3. The van der Waals surface area contributed by atoms with Crippen molar-refractivity contribution in [3.05, 3.63) is 86.5 Å². The van der Waals surface area contributed by atoms with Crippen LogP contribution < -0.4 is 14.2 Å². The number of benzene rings is 3. The summed E-state index contributed by atoms with van der Waals surface area (Å²) < 4.78 is 192. The Bertz CT molecular complexity index is 2960. The SMILES string of the molecule is [B]Cc1cc(C[B])c(OC(=O)C2CCC(C(=O)C(F)(F)S(=O)(=O)[O-])CC2)c(C[B])c1.[B]Cc1cc(C[B])c(OC(=O)CCC(=O)C(F)(F)S(=O)(=O)[O-])c(C[B])c1.[B]Cc1cc(C[B])c(OC(=O)COC(=O)C(F)(F)S(=O)(=O)[O-])c(C[B])c1. The van der Waals surface area contributed by atoms with E-state index in [1.165, 1.54) is 12.1 Å². The van der Waals surface area contributed by atoms with Gasteiger partial charge in [-0.15, -0.1) is 0 Å². The van der Waals surface area contributed by atoms with Crippen LogP contribution in [0.2, 0.25) is 0 Å². The van der Waals surface area contributed by atoms with Gasteiger partial charge in [0, 0.05) is 12.3 Å². The minimum absolute atomic E-state index is 0.0212. The van der Waals surface area contributed by atoms with Crippen LogP contribution in [0.15, 0.2) is 36.4 Å². The first-order chi connectivity index (χ1) is 37.9. The molecule has 424 valence electrons. The van der Waals surface area contributed by atoms with Gasteiger partial charge in [-0.05, 0) is 59.1 Å². The zero-order valence-corrected chi connectivity index (χ0v) is 45.3. The van der Waals surface area contributed by atoms with Crippen molar-refractivity contribution in [2.75, 3.05) is 6.61 Å². The van der Waals surface area contributed by atoms with Gasteiger partial charge in [-0.1, -0.05) is 110 Å². The molecule has 1 saturated carbocycles. The van der Waals surface area contributed by atoms with Crippen LogP contribution in [-0.4, -0.2) is 167 Å². The molecule has 0 aliphatic heterocycles. The molecule has 1 fully saturated rings. The molecule has 0 bridgehead atoms. The number of ether oxygens (including phenoxy) is 4. The van der Waals surface area contributed by atoms with Crippen LogP contribution in [0.5, 0.6) is 17.2 Å². The quantitative estimate of drug-likeness (QED) is 0.0366. The largest absolute Gasteiger partial charge is 0.743 e. The molecule has 0 atom stereocenters. The molecule has 0 spiro atoms. The Hall–Kier alpha value is -5.23. The third-order valence-corrected chi connectivity index (χ3v) is 14.1. The first kappa shape index (κ1) is 72.9. The smallest absolute Gasteiger partial charge is 0.428 e. The Balaban J connectivity index is 0.000000422. The van der Waals surface area contributed by atoms with E-state index in [-0.39, 0.29) is 99.8 Å². The van der Waals surface area contributed by atoms with Crippen LogP contribution in [0.3, 0.4) is 0 Å². The molecule has 0 N–H and O–H groups in total. The van der Waals surface area contributed by atoms with Gasteiger partial charge in [0.25, 0.3) is 0 Å². The molecule has 3 aromatic carbocycles. The summed E-state index contributed by atoms with van der Waals surface area (Å²) >= 11 is 0. The highest BCUT2D eigenvalue weighted by atomic mass is 32.2. The Labute approximate surface area is 480 Å². The van der Waals surface area contributed by atoms with Crippen molar-refractivity contribution < 1.29 is 113 Å². The predicted octanol–water partition coefficient (Wildman–Crippen LogP) is 0.475. The number of rotatable bonds is 25. The molecular weight excluding hydrogens is 1150 g/mol. The minimum Gasteiger partial charge on any atom is -0.743 e. The maximum atomic E-state index is 13.5. The Morgan fingerprint density at radius 1 is 0.439 bits per heavy atom. The number of ketones is 2. The lowest BCUT2D eigenvalue weighted by molar-refractivity contribution is -0.166. The van der Waals surface area contributed by atoms with E-state index in [9.17, 15) is 94.0 Å². The van der Waals surface area contributed by atoms with Crippen LogP contribution in [0, 0.1) is 11.8 Å². The number of carbonyl (C=O) groups excluding carboxylic acids is 6. The van der Waals surface area contributed by atoms with Gasteiger partial charge in [-0.3, -0.25) is 19.2 Å². The monoisotopic (exact) mass is 1190 g/mol. The number of esters is 4. The zero-order chi connectivity index (χ0) is 62.9. The molecule has 0 aromatic heterocycles. The van der Waals surface area contributed by atoms with Gasteiger partial charge in [-0.2, -0.15) is 26.3 Å². The van der Waals surface area contributed by atoms with Gasteiger partial charge >= 0.3 is 39.6 Å². The molecule has 4 rings (SSSR count). The van der Waals surface area contributed by atoms with E-state index >= 15 is 0 Å². The third-order valence-electron chi connectivity index (χ3n) is 11.7. The van der Waals surface area contributed by atoms with E-state index in [0.717, 1.165) is 5.56 Å². The second-order valence-electron chi connectivity index (χ2n) is 17.3. The van der Waals surface area contributed by atoms with Gasteiger partial charge in [0.2, 0.25) is 11.6 Å². The summed E-state index contributed by atoms with van der Waals surface area (Å²) in [6, 6.07) is 9.61. The molecule has 0 saturated heterocycles. The fraction of sp³-hybridized carbons (Fsp3) is 0.467. The molecule has 1 aliphatic rings. The second kappa shape index (κ2) is 31.1. The van der Waals surface area contributed by atoms with E-state index in [2.05, 4.69) is 4.74 Å². The normalized spacial score (nSPS) is 14.8. The third kappa shape index (κ3) is 19.2. The van der Waals surface area contributed by atoms with Gasteiger partial charge in [-0.25, -0.2) is 34.8 Å². The summed E-state index contributed by atoms with van der Waals surface area (Å²) in [4.78, 5) is 70.1. The van der Waals surface area contributed by atoms with Crippen molar-refractivity contribution in [2.24, 2.45) is 11.8 Å². The predicted molar refractivity (Wildman–Crippen MR) is 281 cm³/mol. The lowest BCUT2D eigenvalue weighted by Gasteiger charge is -2.29.